The fourth-order valence-electron chi connectivity index (χ4n) is 3.72. The van der Waals surface area contributed by atoms with E-state index in [1.807, 2.05) is 6.08 Å². The summed E-state index contributed by atoms with van der Waals surface area (Å²) in [4.78, 5) is 17.4. The molecule has 0 saturated heterocycles. The van der Waals surface area contributed by atoms with Gasteiger partial charge in [0.15, 0.2) is 0 Å². The zero-order chi connectivity index (χ0) is 22.9. The monoisotopic (exact) mass is 454 g/mol. The second-order valence-corrected chi connectivity index (χ2v) is 9.35. The van der Waals surface area contributed by atoms with E-state index >= 15 is 0 Å². The average Bonchev–Trinajstić information content (AvgIpc) is 3.05. The van der Waals surface area contributed by atoms with Crippen LogP contribution in [0.3, 0.4) is 0 Å². The molecule has 3 rings (SSSR count). The van der Waals surface area contributed by atoms with Crippen LogP contribution in [0.5, 0.6) is 0 Å². The van der Waals surface area contributed by atoms with Gasteiger partial charge in [0, 0.05) is 48.9 Å². The van der Waals surface area contributed by atoms with Gasteiger partial charge < -0.3 is 9.80 Å². The number of likely N-dealkylation sites (N-methyl/N-ethyl adjacent to an activating group) is 2. The molecule has 0 bridgehead atoms. The fourth-order valence-corrected chi connectivity index (χ4v) is 4.66. The van der Waals surface area contributed by atoms with Gasteiger partial charge in [-0.25, -0.2) is 9.79 Å². The summed E-state index contributed by atoms with van der Waals surface area (Å²) in [5.74, 6) is -0.396. The Bertz CT molecular complexity index is 897. The molecule has 1 aliphatic rings. The topological polar surface area (TPSA) is 59.0 Å². The maximum Gasteiger partial charge on any atom is 0.270 e. The summed E-state index contributed by atoms with van der Waals surface area (Å²) < 4.78 is 2.27. The molecular formula is C25H34N4O2S. The van der Waals surface area contributed by atoms with E-state index in [1.54, 1.807) is 17.4 Å². The third-order valence-electron chi connectivity index (χ3n) is 5.65. The smallest absolute Gasteiger partial charge is 0.270 e. The van der Waals surface area contributed by atoms with Crippen LogP contribution in [0.4, 0.5) is 5.69 Å². The minimum absolute atomic E-state index is 0.396. The Morgan fingerprint density at radius 1 is 1.03 bits per heavy atom. The average molecular weight is 455 g/mol. The molecular weight excluding hydrogens is 420 g/mol. The summed E-state index contributed by atoms with van der Waals surface area (Å²) in [7, 11) is 4.21. The fraction of sp³-hybridized carbons (Fsp3) is 0.400. The van der Waals surface area contributed by atoms with Crippen LogP contribution in [0, 0.1) is 0 Å². The Morgan fingerprint density at radius 2 is 1.69 bits per heavy atom. The molecule has 0 radical (unpaired) electrons. The summed E-state index contributed by atoms with van der Waals surface area (Å²) in [5.41, 5.74) is 6.07. The molecule has 1 aliphatic heterocycles. The lowest BCUT2D eigenvalue weighted by atomic mass is 10.1. The van der Waals surface area contributed by atoms with Gasteiger partial charge in [0.25, 0.3) is 5.91 Å². The molecule has 7 heteroatoms. The van der Waals surface area contributed by atoms with Crippen LogP contribution < -0.4 is 10.4 Å². The van der Waals surface area contributed by atoms with E-state index in [9.17, 15) is 4.79 Å². The highest BCUT2D eigenvalue weighted by molar-refractivity contribution is 7.97. The van der Waals surface area contributed by atoms with Crippen molar-refractivity contribution in [1.82, 2.24) is 14.7 Å². The van der Waals surface area contributed by atoms with Crippen LogP contribution in [-0.4, -0.2) is 67.1 Å². The summed E-state index contributed by atoms with van der Waals surface area (Å²) in [6.07, 6.45) is 3.34. The molecule has 0 unspecified atom stereocenters. The standard InChI is InChI=1S/C25H34N4O2S/c1-4-28(19-18-27(2)3)23-11-7-20(8-12-23)21-9-13-24(14-10-21)32-29-16-5-6-22(15-17-29)25(30)26-31/h6-14,31H,4-5,15-19H2,1-3H3,(H,26,30). The number of nitrogens with zero attached hydrogens (tertiary/aromatic N) is 3. The van der Waals surface area contributed by atoms with E-state index in [1.165, 1.54) is 21.7 Å². The number of hydrogen-bond acceptors (Lipinski definition) is 6. The van der Waals surface area contributed by atoms with Crippen molar-refractivity contribution >= 4 is 23.5 Å². The van der Waals surface area contributed by atoms with Crippen molar-refractivity contribution in [3.05, 3.63) is 60.2 Å². The zero-order valence-electron chi connectivity index (χ0n) is 19.3. The van der Waals surface area contributed by atoms with Gasteiger partial charge in [0.2, 0.25) is 0 Å². The zero-order valence-corrected chi connectivity index (χ0v) is 20.1. The molecule has 0 aliphatic carbocycles. The molecule has 32 heavy (non-hydrogen) atoms. The van der Waals surface area contributed by atoms with Gasteiger partial charge in [-0.15, -0.1) is 0 Å². The maximum absolute atomic E-state index is 11.6. The molecule has 2 N–H and O–H groups in total. The van der Waals surface area contributed by atoms with Crippen LogP contribution in [0.25, 0.3) is 11.1 Å². The highest BCUT2D eigenvalue weighted by Crippen LogP contribution is 2.29. The molecule has 172 valence electrons. The van der Waals surface area contributed by atoms with Gasteiger partial charge in [-0.2, -0.15) is 0 Å². The van der Waals surface area contributed by atoms with Crippen molar-refractivity contribution in [2.75, 3.05) is 51.7 Å². The van der Waals surface area contributed by atoms with Gasteiger partial charge in [-0.1, -0.05) is 30.3 Å². The van der Waals surface area contributed by atoms with E-state index < -0.39 is 5.91 Å². The van der Waals surface area contributed by atoms with Gasteiger partial charge in [-0.05, 0) is 81.2 Å². The van der Waals surface area contributed by atoms with Crippen LogP contribution in [0.1, 0.15) is 19.8 Å². The summed E-state index contributed by atoms with van der Waals surface area (Å²) in [5, 5.41) is 8.84. The molecule has 6 nitrogen and oxygen atoms in total. The van der Waals surface area contributed by atoms with E-state index in [0.717, 1.165) is 39.1 Å². The minimum atomic E-state index is -0.396. The first-order valence-electron chi connectivity index (χ1n) is 11.2. The molecule has 0 atom stereocenters. The van der Waals surface area contributed by atoms with E-state index in [2.05, 4.69) is 83.7 Å². The number of anilines is 1. The van der Waals surface area contributed by atoms with Gasteiger partial charge in [0.1, 0.15) is 0 Å². The predicted octanol–water partition coefficient (Wildman–Crippen LogP) is 4.28. The van der Waals surface area contributed by atoms with Crippen LogP contribution >= 0.6 is 11.9 Å². The molecule has 0 saturated carbocycles. The number of benzene rings is 2. The highest BCUT2D eigenvalue weighted by Gasteiger charge is 2.16. The molecule has 0 aromatic heterocycles. The van der Waals surface area contributed by atoms with Crippen LogP contribution in [-0.2, 0) is 4.79 Å². The number of carbonyl (C=O) groups is 1. The lowest BCUT2D eigenvalue weighted by molar-refractivity contribution is -0.125. The van der Waals surface area contributed by atoms with Crippen molar-refractivity contribution < 1.29 is 10.0 Å². The number of amides is 1. The Hall–Kier alpha value is -2.32. The SMILES string of the molecule is CCN(CCN(C)C)c1ccc(-c2ccc(SN3CCC=C(C(=O)NO)CC3)cc2)cc1. The molecule has 1 heterocycles. The summed E-state index contributed by atoms with van der Waals surface area (Å²) >= 11 is 1.72. The lowest BCUT2D eigenvalue weighted by Crippen LogP contribution is -2.31. The maximum atomic E-state index is 11.6. The number of hydroxylamine groups is 1. The van der Waals surface area contributed by atoms with Gasteiger partial charge in [0.05, 0.1) is 0 Å². The number of carbonyl (C=O) groups excluding carboxylic acids is 1. The lowest BCUT2D eigenvalue weighted by Gasteiger charge is -2.25. The van der Waals surface area contributed by atoms with Crippen molar-refractivity contribution in [2.45, 2.75) is 24.7 Å². The minimum Gasteiger partial charge on any atom is -0.371 e. The second-order valence-electron chi connectivity index (χ2n) is 8.18. The molecule has 2 aromatic rings. The van der Waals surface area contributed by atoms with Crippen LogP contribution in [0.2, 0.25) is 0 Å². The van der Waals surface area contributed by atoms with Crippen molar-refractivity contribution in [1.29, 1.82) is 0 Å². The Labute approximate surface area is 196 Å². The predicted molar refractivity (Wildman–Crippen MR) is 133 cm³/mol. The van der Waals surface area contributed by atoms with E-state index in [4.69, 9.17) is 5.21 Å². The third-order valence-corrected chi connectivity index (χ3v) is 6.75. The first-order chi connectivity index (χ1) is 15.5. The Kier molecular flexibility index (Phi) is 9.17. The quantitative estimate of drug-likeness (QED) is 0.335. The highest BCUT2D eigenvalue weighted by atomic mass is 32.2. The third kappa shape index (κ3) is 6.84. The first-order valence-corrected chi connectivity index (χ1v) is 11.9. The van der Waals surface area contributed by atoms with Crippen molar-refractivity contribution in [3.8, 4) is 11.1 Å². The first kappa shape index (κ1) is 24.3. The van der Waals surface area contributed by atoms with Crippen molar-refractivity contribution in [3.63, 3.8) is 0 Å². The van der Waals surface area contributed by atoms with E-state index in [0.29, 0.717) is 12.0 Å². The Balaban J connectivity index is 1.58. The number of rotatable bonds is 9. The molecule has 2 aromatic carbocycles. The largest absolute Gasteiger partial charge is 0.371 e. The normalized spacial score (nSPS) is 14.7. The number of hydrogen-bond donors (Lipinski definition) is 2. The molecule has 1 amide bonds. The van der Waals surface area contributed by atoms with Gasteiger partial charge in [-0.3, -0.25) is 10.0 Å². The van der Waals surface area contributed by atoms with Crippen molar-refractivity contribution in [2.24, 2.45) is 0 Å². The van der Waals surface area contributed by atoms with E-state index in [-0.39, 0.29) is 0 Å². The molecule has 0 spiro atoms. The summed E-state index contributed by atoms with van der Waals surface area (Å²) in [6.45, 7) is 6.90. The molecule has 0 fully saturated rings. The second kappa shape index (κ2) is 12.1. The van der Waals surface area contributed by atoms with Gasteiger partial charge >= 0.3 is 0 Å². The number of nitrogens with one attached hydrogen (secondary N) is 1. The summed E-state index contributed by atoms with van der Waals surface area (Å²) in [6, 6.07) is 17.5. The van der Waals surface area contributed by atoms with Crippen LogP contribution in [0.15, 0.2) is 65.1 Å². The Morgan fingerprint density at radius 3 is 2.28 bits per heavy atom.